The van der Waals surface area contributed by atoms with Gasteiger partial charge in [-0.3, -0.25) is 4.79 Å². The van der Waals surface area contributed by atoms with E-state index in [1.165, 1.54) is 18.3 Å². The number of ketones is 1. The molecule has 0 fully saturated rings. The summed E-state index contributed by atoms with van der Waals surface area (Å²) < 4.78 is 0. The molecule has 0 bridgehead atoms. The van der Waals surface area contributed by atoms with Gasteiger partial charge in [0.1, 0.15) is 0 Å². The molecule has 2 rings (SSSR count). The third-order valence-corrected chi connectivity index (χ3v) is 3.17. The number of nitrogens with one attached hydrogen (secondary N) is 1. The molecule has 0 atom stereocenters. The highest BCUT2D eigenvalue weighted by Crippen LogP contribution is 2.36. The van der Waals surface area contributed by atoms with Gasteiger partial charge < -0.3 is 10.1 Å². The van der Waals surface area contributed by atoms with E-state index >= 15 is 0 Å². The van der Waals surface area contributed by atoms with Gasteiger partial charge in [0.25, 0.3) is 0 Å². The summed E-state index contributed by atoms with van der Waals surface area (Å²) in [7, 11) is 0. The van der Waals surface area contributed by atoms with Crippen molar-refractivity contribution in [1.29, 1.82) is 0 Å². The number of hydrogen-bond acceptors (Lipinski definition) is 3. The Balaban J connectivity index is 2.61. The average molecular weight is 221 g/mol. The minimum absolute atomic E-state index is 0.0578. The van der Waals surface area contributed by atoms with E-state index in [9.17, 15) is 9.90 Å². The molecule has 0 saturated heterocycles. The van der Waals surface area contributed by atoms with Crippen LogP contribution in [0.2, 0.25) is 0 Å². The molecule has 0 aliphatic rings. The van der Waals surface area contributed by atoms with Crippen molar-refractivity contribution in [1.82, 2.24) is 4.98 Å². The Morgan fingerprint density at radius 1 is 1.53 bits per heavy atom. The Morgan fingerprint density at radius 2 is 2.27 bits per heavy atom. The second-order valence-corrected chi connectivity index (χ2v) is 4.33. The van der Waals surface area contributed by atoms with Gasteiger partial charge in [-0.25, -0.2) is 0 Å². The summed E-state index contributed by atoms with van der Waals surface area (Å²) in [5.74, 6) is -0.0634. The number of hydrogen-bond donors (Lipinski definition) is 2. The fourth-order valence-corrected chi connectivity index (χ4v) is 2.37. The molecule has 2 N–H and O–H groups in total. The molecule has 4 heteroatoms. The Morgan fingerprint density at radius 3 is 2.73 bits per heavy atom. The molecule has 2 aromatic rings. The summed E-state index contributed by atoms with van der Waals surface area (Å²) in [5.41, 5.74) is 1.73. The Labute approximate surface area is 91.4 Å². The summed E-state index contributed by atoms with van der Waals surface area (Å²) in [6.07, 6.45) is 0. The highest BCUT2D eigenvalue weighted by atomic mass is 32.1. The quantitative estimate of drug-likeness (QED) is 0.766. The summed E-state index contributed by atoms with van der Waals surface area (Å²) in [6.45, 7) is 3.24. The van der Waals surface area contributed by atoms with Gasteiger partial charge in [0.15, 0.2) is 11.5 Å². The standard InChI is InChI=1S/C11H11NO2S/c1-6-9(7(2)13)11(14)10(12-6)8-4-3-5-15-8/h3-5,12,14H,1-2H3. The maximum absolute atomic E-state index is 11.3. The van der Waals surface area contributed by atoms with Gasteiger partial charge in [0.05, 0.1) is 16.1 Å². The highest BCUT2D eigenvalue weighted by Gasteiger charge is 2.18. The number of thiophene rings is 1. The monoisotopic (exact) mass is 221 g/mol. The zero-order chi connectivity index (χ0) is 11.0. The number of aromatic amines is 1. The average Bonchev–Trinajstić information content (AvgIpc) is 2.72. The zero-order valence-corrected chi connectivity index (χ0v) is 9.31. The molecule has 0 aliphatic carbocycles. The van der Waals surface area contributed by atoms with Crippen LogP contribution in [0, 0.1) is 6.92 Å². The molecule has 2 aromatic heterocycles. The van der Waals surface area contributed by atoms with Crippen LogP contribution >= 0.6 is 11.3 Å². The number of aromatic hydroxyl groups is 1. The minimum atomic E-state index is -0.121. The molecule has 0 amide bonds. The van der Waals surface area contributed by atoms with Crippen LogP contribution in [0.5, 0.6) is 5.75 Å². The van der Waals surface area contributed by atoms with Crippen molar-refractivity contribution in [3.05, 3.63) is 28.8 Å². The normalized spacial score (nSPS) is 10.5. The SMILES string of the molecule is CC(=O)c1c(C)[nH]c(-c2cccs2)c1O. The van der Waals surface area contributed by atoms with Crippen molar-refractivity contribution in [2.24, 2.45) is 0 Å². The van der Waals surface area contributed by atoms with Crippen LogP contribution in [-0.4, -0.2) is 15.9 Å². The van der Waals surface area contributed by atoms with Gasteiger partial charge in [-0.1, -0.05) is 6.07 Å². The third kappa shape index (κ3) is 1.57. The number of carbonyl (C=O) groups excluding carboxylic acids is 1. The molecule has 15 heavy (non-hydrogen) atoms. The van der Waals surface area contributed by atoms with E-state index in [-0.39, 0.29) is 11.5 Å². The first-order chi connectivity index (χ1) is 7.11. The minimum Gasteiger partial charge on any atom is -0.505 e. The van der Waals surface area contributed by atoms with E-state index in [2.05, 4.69) is 4.98 Å². The van der Waals surface area contributed by atoms with Crippen LogP contribution in [0.1, 0.15) is 23.0 Å². The molecule has 2 heterocycles. The number of Topliss-reactive ketones (excluding diaryl/α,β-unsaturated/α-hetero) is 1. The lowest BCUT2D eigenvalue weighted by Gasteiger charge is -1.95. The van der Waals surface area contributed by atoms with Crippen LogP contribution < -0.4 is 0 Å². The van der Waals surface area contributed by atoms with Gasteiger partial charge >= 0.3 is 0 Å². The first-order valence-electron chi connectivity index (χ1n) is 4.57. The van der Waals surface area contributed by atoms with Crippen molar-refractivity contribution in [2.45, 2.75) is 13.8 Å². The second kappa shape index (κ2) is 3.55. The van der Waals surface area contributed by atoms with Crippen molar-refractivity contribution >= 4 is 17.1 Å². The first kappa shape index (κ1) is 9.98. The molecule has 0 aromatic carbocycles. The fourth-order valence-electron chi connectivity index (χ4n) is 1.64. The summed E-state index contributed by atoms with van der Waals surface area (Å²) >= 11 is 1.52. The van der Waals surface area contributed by atoms with E-state index < -0.39 is 0 Å². The highest BCUT2D eigenvalue weighted by molar-refractivity contribution is 7.13. The van der Waals surface area contributed by atoms with Crippen LogP contribution in [-0.2, 0) is 0 Å². The summed E-state index contributed by atoms with van der Waals surface area (Å²) in [5, 5.41) is 11.8. The van der Waals surface area contributed by atoms with Crippen molar-refractivity contribution < 1.29 is 9.90 Å². The van der Waals surface area contributed by atoms with Crippen LogP contribution in [0.25, 0.3) is 10.6 Å². The third-order valence-electron chi connectivity index (χ3n) is 2.28. The molecule has 3 nitrogen and oxygen atoms in total. The van der Waals surface area contributed by atoms with Crippen LogP contribution in [0.4, 0.5) is 0 Å². The smallest absolute Gasteiger partial charge is 0.165 e. The van der Waals surface area contributed by atoms with Gasteiger partial charge in [0.2, 0.25) is 0 Å². The van der Waals surface area contributed by atoms with E-state index in [4.69, 9.17) is 0 Å². The first-order valence-corrected chi connectivity index (χ1v) is 5.45. The van der Waals surface area contributed by atoms with Gasteiger partial charge in [-0.2, -0.15) is 0 Å². The lowest BCUT2D eigenvalue weighted by atomic mass is 10.1. The van der Waals surface area contributed by atoms with E-state index in [0.29, 0.717) is 17.0 Å². The Bertz CT molecular complexity index is 497. The number of aromatic nitrogens is 1. The van der Waals surface area contributed by atoms with Gasteiger partial charge in [0, 0.05) is 5.69 Å². The number of carbonyl (C=O) groups is 1. The van der Waals surface area contributed by atoms with Crippen molar-refractivity contribution in [3.8, 4) is 16.3 Å². The van der Waals surface area contributed by atoms with Gasteiger partial charge in [-0.15, -0.1) is 11.3 Å². The lowest BCUT2D eigenvalue weighted by molar-refractivity contribution is 0.101. The predicted octanol–water partition coefficient (Wildman–Crippen LogP) is 2.96. The Hall–Kier alpha value is -1.55. The topological polar surface area (TPSA) is 53.1 Å². The molecule has 0 unspecified atom stereocenters. The zero-order valence-electron chi connectivity index (χ0n) is 8.50. The lowest BCUT2D eigenvalue weighted by Crippen LogP contribution is -1.92. The van der Waals surface area contributed by atoms with E-state index in [1.54, 1.807) is 6.92 Å². The largest absolute Gasteiger partial charge is 0.505 e. The molecule has 0 saturated carbocycles. The predicted molar refractivity (Wildman–Crippen MR) is 60.5 cm³/mol. The van der Waals surface area contributed by atoms with Crippen molar-refractivity contribution in [2.75, 3.05) is 0 Å². The number of rotatable bonds is 2. The van der Waals surface area contributed by atoms with Crippen LogP contribution in [0.3, 0.4) is 0 Å². The molecule has 0 radical (unpaired) electrons. The molecular weight excluding hydrogens is 210 g/mol. The maximum Gasteiger partial charge on any atom is 0.165 e. The number of H-pyrrole nitrogens is 1. The van der Waals surface area contributed by atoms with Crippen LogP contribution in [0.15, 0.2) is 17.5 Å². The van der Waals surface area contributed by atoms with Crippen molar-refractivity contribution in [3.63, 3.8) is 0 Å². The number of aryl methyl sites for hydroxylation is 1. The maximum atomic E-state index is 11.3. The fraction of sp³-hybridized carbons (Fsp3) is 0.182. The van der Waals surface area contributed by atoms with E-state index in [1.807, 2.05) is 17.5 Å². The molecule has 0 aliphatic heterocycles. The van der Waals surface area contributed by atoms with Gasteiger partial charge in [-0.05, 0) is 25.3 Å². The molecular formula is C11H11NO2S. The molecule has 0 spiro atoms. The summed E-state index contributed by atoms with van der Waals surface area (Å²) in [6, 6.07) is 3.81. The summed E-state index contributed by atoms with van der Waals surface area (Å²) in [4.78, 5) is 15.3. The molecule has 78 valence electrons. The second-order valence-electron chi connectivity index (χ2n) is 3.38. The van der Waals surface area contributed by atoms with E-state index in [0.717, 1.165) is 4.88 Å². The Kier molecular flexibility index (Phi) is 2.36.